The molecule has 3 nitrogen and oxygen atoms in total. The van der Waals surface area contributed by atoms with E-state index >= 15 is 0 Å². The average Bonchev–Trinajstić information content (AvgIpc) is 1.91. The van der Waals surface area contributed by atoms with E-state index in [1.165, 1.54) is 19.9 Å². The van der Waals surface area contributed by atoms with Gasteiger partial charge in [0.15, 0.2) is 0 Å². The number of hydroxylamine groups is 1. The summed E-state index contributed by atoms with van der Waals surface area (Å²) in [4.78, 5) is 9.68. The molecule has 0 heterocycles. The van der Waals surface area contributed by atoms with Gasteiger partial charge in [-0.15, -0.1) is 0 Å². The van der Waals surface area contributed by atoms with E-state index in [0.29, 0.717) is 0 Å². The monoisotopic (exact) mass is 147 g/mol. The van der Waals surface area contributed by atoms with Gasteiger partial charge in [-0.05, 0) is 6.42 Å². The predicted molar refractivity (Wildman–Crippen MR) is 41.1 cm³/mol. The second kappa shape index (κ2) is 15.8. The molecule has 0 radical (unpaired) electrons. The fraction of sp³-hybridized carbons (Fsp3) is 0.857. The van der Waals surface area contributed by atoms with Crippen LogP contribution in [0.1, 0.15) is 32.6 Å². The van der Waals surface area contributed by atoms with Crippen LogP contribution in [0, 0.1) is 0 Å². The summed E-state index contributed by atoms with van der Waals surface area (Å²) in [6, 6.07) is 0. The smallest absolute Gasteiger partial charge is 0.119 e. The summed E-state index contributed by atoms with van der Waals surface area (Å²) in [6.07, 6.45) is 5.19. The van der Waals surface area contributed by atoms with Crippen molar-refractivity contribution in [3.8, 4) is 0 Å². The molecule has 0 aromatic rings. The van der Waals surface area contributed by atoms with E-state index < -0.39 is 0 Å². The molecule has 0 aliphatic rings. The van der Waals surface area contributed by atoms with Crippen LogP contribution < -0.4 is 5.48 Å². The average molecular weight is 147 g/mol. The zero-order valence-electron chi connectivity index (χ0n) is 6.76. The van der Waals surface area contributed by atoms with Gasteiger partial charge in [0.2, 0.25) is 0 Å². The summed E-state index contributed by atoms with van der Waals surface area (Å²) in [5.41, 5.74) is 1.75. The van der Waals surface area contributed by atoms with E-state index in [4.69, 9.17) is 5.21 Å². The van der Waals surface area contributed by atoms with Crippen molar-refractivity contribution in [3.05, 3.63) is 0 Å². The molecule has 0 saturated carbocycles. The van der Waals surface area contributed by atoms with Crippen LogP contribution >= 0.6 is 0 Å². The molecule has 0 aliphatic heterocycles. The van der Waals surface area contributed by atoms with Crippen LogP contribution in [-0.4, -0.2) is 18.5 Å². The van der Waals surface area contributed by atoms with E-state index in [2.05, 4.69) is 6.92 Å². The summed E-state index contributed by atoms with van der Waals surface area (Å²) in [6.45, 7) is 2.13. The number of carbonyl (C=O) groups excluding carboxylic acids is 1. The molecular formula is C7H17NO2. The Labute approximate surface area is 62.4 Å². The summed E-state index contributed by atoms with van der Waals surface area (Å²) in [7, 11) is 1.43. The number of carbonyl (C=O) groups is 1. The number of hydrogen-bond donors (Lipinski definition) is 2. The number of hydrogen-bond acceptors (Lipinski definition) is 3. The third-order valence-corrected chi connectivity index (χ3v) is 0.926. The van der Waals surface area contributed by atoms with E-state index in [1.54, 1.807) is 5.48 Å². The van der Waals surface area contributed by atoms with Gasteiger partial charge in [-0.1, -0.05) is 19.8 Å². The molecule has 2 N–H and O–H groups in total. The number of unbranched alkanes of at least 4 members (excludes halogenated alkanes) is 3. The van der Waals surface area contributed by atoms with E-state index in [-0.39, 0.29) is 0 Å². The molecule has 0 amide bonds. The minimum absolute atomic E-state index is 0.744. The van der Waals surface area contributed by atoms with E-state index in [0.717, 1.165) is 19.1 Å². The van der Waals surface area contributed by atoms with Gasteiger partial charge in [-0.25, -0.2) is 5.48 Å². The van der Waals surface area contributed by atoms with Crippen LogP contribution in [0.4, 0.5) is 0 Å². The highest BCUT2D eigenvalue weighted by atomic mass is 16.5. The van der Waals surface area contributed by atoms with Gasteiger partial charge in [-0.3, -0.25) is 0 Å². The predicted octanol–water partition coefficient (Wildman–Crippen LogP) is 1.36. The van der Waals surface area contributed by atoms with Crippen molar-refractivity contribution in [3.63, 3.8) is 0 Å². The van der Waals surface area contributed by atoms with Crippen LogP contribution in [0.3, 0.4) is 0 Å². The lowest BCUT2D eigenvalue weighted by molar-refractivity contribution is -0.107. The minimum Gasteiger partial charge on any atom is -0.317 e. The second-order valence-electron chi connectivity index (χ2n) is 1.89. The van der Waals surface area contributed by atoms with Crippen molar-refractivity contribution in [1.29, 1.82) is 0 Å². The van der Waals surface area contributed by atoms with Gasteiger partial charge < -0.3 is 10.0 Å². The topological polar surface area (TPSA) is 49.3 Å². The Bertz CT molecular complexity index is 57.6. The SMILES string of the molecule is CCCCCC=O.CNO. The Morgan fingerprint density at radius 2 is 2.00 bits per heavy atom. The van der Waals surface area contributed by atoms with Gasteiger partial charge in [0.1, 0.15) is 6.29 Å². The molecule has 0 unspecified atom stereocenters. The van der Waals surface area contributed by atoms with Crippen molar-refractivity contribution in [2.24, 2.45) is 0 Å². The molecule has 0 atom stereocenters. The lowest BCUT2D eigenvalue weighted by atomic mass is 10.2. The quantitative estimate of drug-likeness (QED) is 0.358. The third kappa shape index (κ3) is 25.6. The first-order chi connectivity index (χ1) is 4.83. The Hall–Kier alpha value is -0.410. The molecule has 62 valence electrons. The minimum atomic E-state index is 0.744. The lowest BCUT2D eigenvalue weighted by Crippen LogP contribution is -1.91. The molecular weight excluding hydrogens is 130 g/mol. The van der Waals surface area contributed by atoms with E-state index in [1.807, 2.05) is 0 Å². The Kier molecular flexibility index (Phi) is 19.5. The highest BCUT2D eigenvalue weighted by Gasteiger charge is 1.80. The lowest BCUT2D eigenvalue weighted by Gasteiger charge is -1.85. The molecule has 0 aromatic heterocycles. The first kappa shape index (κ1) is 12.3. The largest absolute Gasteiger partial charge is 0.317 e. The Morgan fingerprint density at radius 3 is 2.30 bits per heavy atom. The van der Waals surface area contributed by atoms with Crippen LogP contribution in [0.2, 0.25) is 0 Å². The van der Waals surface area contributed by atoms with Crippen molar-refractivity contribution < 1.29 is 10.0 Å². The van der Waals surface area contributed by atoms with Crippen molar-refractivity contribution in [2.45, 2.75) is 32.6 Å². The first-order valence-electron chi connectivity index (χ1n) is 3.57. The summed E-state index contributed by atoms with van der Waals surface area (Å²) in [5.74, 6) is 0. The third-order valence-electron chi connectivity index (χ3n) is 0.926. The van der Waals surface area contributed by atoms with Gasteiger partial charge >= 0.3 is 0 Å². The van der Waals surface area contributed by atoms with Crippen LogP contribution in [0.15, 0.2) is 0 Å². The van der Waals surface area contributed by atoms with Crippen LogP contribution in [0.25, 0.3) is 0 Å². The molecule has 0 aromatic carbocycles. The maximum absolute atomic E-state index is 9.68. The fourth-order valence-electron chi connectivity index (χ4n) is 0.478. The molecule has 10 heavy (non-hydrogen) atoms. The normalized spacial score (nSPS) is 7.90. The van der Waals surface area contributed by atoms with Crippen molar-refractivity contribution in [2.75, 3.05) is 7.05 Å². The molecule has 0 rings (SSSR count). The first-order valence-corrected chi connectivity index (χ1v) is 3.57. The molecule has 0 saturated heterocycles. The summed E-state index contributed by atoms with van der Waals surface area (Å²) in [5, 5.41) is 7.32. The molecule has 0 fully saturated rings. The summed E-state index contributed by atoms with van der Waals surface area (Å²) >= 11 is 0. The standard InChI is InChI=1S/C6H12O.CH5NO/c1-2-3-4-5-6-7;1-2-3/h6H,2-5H2,1H3;2-3H,1H3. The number of aldehydes is 1. The van der Waals surface area contributed by atoms with Crippen molar-refractivity contribution in [1.82, 2.24) is 5.48 Å². The van der Waals surface area contributed by atoms with Gasteiger partial charge in [0.25, 0.3) is 0 Å². The molecule has 0 bridgehead atoms. The van der Waals surface area contributed by atoms with Crippen LogP contribution in [0.5, 0.6) is 0 Å². The van der Waals surface area contributed by atoms with E-state index in [9.17, 15) is 4.79 Å². The number of rotatable bonds is 4. The van der Waals surface area contributed by atoms with Gasteiger partial charge in [-0.2, -0.15) is 0 Å². The molecule has 3 heteroatoms. The fourth-order valence-corrected chi connectivity index (χ4v) is 0.478. The van der Waals surface area contributed by atoms with Crippen molar-refractivity contribution >= 4 is 6.29 Å². The number of nitrogens with one attached hydrogen (secondary N) is 1. The highest BCUT2D eigenvalue weighted by molar-refractivity contribution is 5.48. The van der Waals surface area contributed by atoms with Gasteiger partial charge in [0.05, 0.1) is 0 Å². The molecule has 0 spiro atoms. The highest BCUT2D eigenvalue weighted by Crippen LogP contribution is 1.94. The summed E-state index contributed by atoms with van der Waals surface area (Å²) < 4.78 is 0. The van der Waals surface area contributed by atoms with Crippen LogP contribution in [-0.2, 0) is 4.79 Å². The maximum Gasteiger partial charge on any atom is 0.119 e. The maximum atomic E-state index is 9.68. The molecule has 0 aliphatic carbocycles. The van der Waals surface area contributed by atoms with Gasteiger partial charge in [0, 0.05) is 13.5 Å². The zero-order chi connectivity index (χ0) is 8.24. The Balaban J connectivity index is 0. The zero-order valence-corrected chi connectivity index (χ0v) is 6.76. The Morgan fingerprint density at radius 1 is 1.50 bits per heavy atom. The second-order valence-corrected chi connectivity index (χ2v) is 1.89.